The Kier molecular flexibility index (Phi) is 5.80. The van der Waals surface area contributed by atoms with E-state index in [1.54, 1.807) is 0 Å². The number of benzene rings is 2. The maximum Gasteiger partial charge on any atom is 0.288 e. The molecule has 0 aromatic heterocycles. The van der Waals surface area contributed by atoms with Gasteiger partial charge in [-0.3, -0.25) is 14.9 Å². The third kappa shape index (κ3) is 5.03. The van der Waals surface area contributed by atoms with Gasteiger partial charge in [-0.2, -0.15) is 5.10 Å². The summed E-state index contributed by atoms with van der Waals surface area (Å²) >= 11 is 5.69. The smallest absolute Gasteiger partial charge is 0.288 e. The SMILES string of the molecule is O=C(COc1cccc(F)c1)N/N=C\c1ccc(Cl)c([N+](=O)[O-])c1. The van der Waals surface area contributed by atoms with E-state index in [-0.39, 0.29) is 23.1 Å². The van der Waals surface area contributed by atoms with Gasteiger partial charge in [0, 0.05) is 17.7 Å². The van der Waals surface area contributed by atoms with Gasteiger partial charge in [-0.25, -0.2) is 9.82 Å². The topological polar surface area (TPSA) is 93.8 Å². The minimum Gasteiger partial charge on any atom is -0.484 e. The Morgan fingerprint density at radius 3 is 2.88 bits per heavy atom. The van der Waals surface area contributed by atoms with E-state index in [1.807, 2.05) is 0 Å². The molecular weight excluding hydrogens is 341 g/mol. The minimum atomic E-state index is -0.620. The van der Waals surface area contributed by atoms with E-state index >= 15 is 0 Å². The highest BCUT2D eigenvalue weighted by atomic mass is 35.5. The quantitative estimate of drug-likeness (QED) is 0.492. The number of nitrogens with zero attached hydrogens (tertiary/aromatic N) is 2. The monoisotopic (exact) mass is 351 g/mol. The van der Waals surface area contributed by atoms with Crippen molar-refractivity contribution in [3.8, 4) is 5.75 Å². The normalized spacial score (nSPS) is 10.6. The van der Waals surface area contributed by atoms with Crippen molar-refractivity contribution in [1.82, 2.24) is 5.43 Å². The van der Waals surface area contributed by atoms with E-state index in [9.17, 15) is 19.3 Å². The summed E-state index contributed by atoms with van der Waals surface area (Å²) in [5.41, 5.74) is 2.31. The van der Waals surface area contributed by atoms with Crippen LogP contribution in [-0.2, 0) is 4.79 Å². The molecule has 124 valence electrons. The fourth-order valence-corrected chi connectivity index (χ4v) is 1.85. The zero-order valence-corrected chi connectivity index (χ0v) is 12.9. The van der Waals surface area contributed by atoms with Gasteiger partial charge >= 0.3 is 0 Å². The maximum atomic E-state index is 12.9. The molecule has 0 atom stereocenters. The van der Waals surface area contributed by atoms with Crippen LogP contribution < -0.4 is 10.2 Å². The molecule has 1 N–H and O–H groups in total. The first-order chi connectivity index (χ1) is 11.5. The lowest BCUT2D eigenvalue weighted by Crippen LogP contribution is -2.24. The number of hydrazone groups is 1. The van der Waals surface area contributed by atoms with Crippen molar-refractivity contribution in [3.05, 3.63) is 69.0 Å². The summed E-state index contributed by atoms with van der Waals surface area (Å²) in [6, 6.07) is 9.44. The van der Waals surface area contributed by atoms with Crippen molar-refractivity contribution in [2.24, 2.45) is 5.10 Å². The molecule has 2 rings (SSSR count). The van der Waals surface area contributed by atoms with Gasteiger partial charge in [-0.05, 0) is 18.2 Å². The molecule has 1 amide bonds. The molecule has 0 fully saturated rings. The summed E-state index contributed by atoms with van der Waals surface area (Å²) < 4.78 is 18.0. The zero-order valence-electron chi connectivity index (χ0n) is 12.1. The third-order valence-electron chi connectivity index (χ3n) is 2.74. The Bertz CT molecular complexity index is 798. The first-order valence-electron chi connectivity index (χ1n) is 6.60. The predicted octanol–water partition coefficient (Wildman–Crippen LogP) is 2.92. The fourth-order valence-electron chi connectivity index (χ4n) is 1.67. The second-order valence-corrected chi connectivity index (χ2v) is 4.91. The number of nitro benzene ring substituents is 1. The second-order valence-electron chi connectivity index (χ2n) is 4.51. The lowest BCUT2D eigenvalue weighted by molar-refractivity contribution is -0.384. The fraction of sp³-hybridized carbons (Fsp3) is 0.0667. The van der Waals surface area contributed by atoms with Crippen LogP contribution in [0.1, 0.15) is 5.56 Å². The number of amides is 1. The molecule has 7 nitrogen and oxygen atoms in total. The van der Waals surface area contributed by atoms with Crippen molar-refractivity contribution < 1.29 is 18.8 Å². The maximum absolute atomic E-state index is 12.9. The molecule has 0 aliphatic rings. The average Bonchev–Trinajstić information content (AvgIpc) is 2.54. The second kappa shape index (κ2) is 8.02. The molecule has 0 unspecified atom stereocenters. The Hall–Kier alpha value is -3.00. The van der Waals surface area contributed by atoms with Crippen LogP contribution in [0, 0.1) is 15.9 Å². The van der Waals surface area contributed by atoms with E-state index < -0.39 is 16.6 Å². The van der Waals surface area contributed by atoms with Gasteiger partial charge in [-0.15, -0.1) is 0 Å². The van der Waals surface area contributed by atoms with Crippen molar-refractivity contribution in [2.45, 2.75) is 0 Å². The Balaban J connectivity index is 1.88. The molecule has 0 heterocycles. The van der Waals surface area contributed by atoms with Crippen LogP contribution in [0.15, 0.2) is 47.6 Å². The van der Waals surface area contributed by atoms with Gasteiger partial charge in [-0.1, -0.05) is 23.7 Å². The first-order valence-corrected chi connectivity index (χ1v) is 6.98. The van der Waals surface area contributed by atoms with Crippen LogP contribution in [-0.4, -0.2) is 23.7 Å². The number of rotatable bonds is 6. The van der Waals surface area contributed by atoms with Gasteiger partial charge in [0.2, 0.25) is 0 Å². The van der Waals surface area contributed by atoms with E-state index in [0.717, 1.165) is 6.07 Å². The summed E-state index contributed by atoms with van der Waals surface area (Å²) in [4.78, 5) is 21.7. The molecule has 0 spiro atoms. The van der Waals surface area contributed by atoms with E-state index in [2.05, 4.69) is 10.5 Å². The largest absolute Gasteiger partial charge is 0.484 e. The molecule has 2 aromatic rings. The summed E-state index contributed by atoms with van der Waals surface area (Å²) in [5.74, 6) is -0.836. The highest BCUT2D eigenvalue weighted by Crippen LogP contribution is 2.24. The van der Waals surface area contributed by atoms with Crippen LogP contribution >= 0.6 is 11.6 Å². The van der Waals surface area contributed by atoms with Crippen molar-refractivity contribution in [1.29, 1.82) is 0 Å². The van der Waals surface area contributed by atoms with Crippen LogP contribution in [0.2, 0.25) is 5.02 Å². The molecule has 24 heavy (non-hydrogen) atoms. The number of halogens is 2. The third-order valence-corrected chi connectivity index (χ3v) is 3.06. The molecular formula is C15H11ClFN3O4. The van der Waals surface area contributed by atoms with Gasteiger partial charge in [0.1, 0.15) is 16.6 Å². The van der Waals surface area contributed by atoms with Gasteiger partial charge in [0.25, 0.3) is 11.6 Å². The lowest BCUT2D eigenvalue weighted by Gasteiger charge is -2.04. The number of nitrogens with one attached hydrogen (secondary N) is 1. The molecule has 2 aromatic carbocycles. The number of ether oxygens (including phenoxy) is 1. The standard InChI is InChI=1S/C15H11ClFN3O4/c16-13-5-4-10(6-14(13)20(22)23)8-18-19-15(21)9-24-12-3-1-2-11(17)7-12/h1-8H,9H2,(H,19,21)/b18-8-. The van der Waals surface area contributed by atoms with E-state index in [1.165, 1.54) is 42.6 Å². The summed E-state index contributed by atoms with van der Waals surface area (Å²) in [7, 11) is 0. The van der Waals surface area contributed by atoms with Crippen LogP contribution in [0.5, 0.6) is 5.75 Å². The molecule has 0 saturated heterocycles. The molecule has 0 aliphatic heterocycles. The molecule has 9 heteroatoms. The van der Waals surface area contributed by atoms with Gasteiger partial charge < -0.3 is 4.74 Å². The van der Waals surface area contributed by atoms with Crippen LogP contribution in [0.4, 0.5) is 10.1 Å². The van der Waals surface area contributed by atoms with E-state index in [4.69, 9.17) is 16.3 Å². The van der Waals surface area contributed by atoms with Crippen LogP contribution in [0.25, 0.3) is 0 Å². The molecule has 0 radical (unpaired) electrons. The Morgan fingerprint density at radius 2 is 2.17 bits per heavy atom. The van der Waals surface area contributed by atoms with Crippen molar-refractivity contribution in [3.63, 3.8) is 0 Å². The summed E-state index contributed by atoms with van der Waals surface area (Å²) in [6.07, 6.45) is 1.23. The Morgan fingerprint density at radius 1 is 1.38 bits per heavy atom. The predicted molar refractivity (Wildman–Crippen MR) is 85.7 cm³/mol. The van der Waals surface area contributed by atoms with E-state index in [0.29, 0.717) is 5.56 Å². The molecule has 0 bridgehead atoms. The van der Waals surface area contributed by atoms with Gasteiger partial charge in [0.15, 0.2) is 6.61 Å². The first kappa shape index (κ1) is 17.4. The highest BCUT2D eigenvalue weighted by Gasteiger charge is 2.11. The van der Waals surface area contributed by atoms with Crippen molar-refractivity contribution >= 4 is 29.4 Å². The lowest BCUT2D eigenvalue weighted by atomic mass is 10.2. The number of hydrogen-bond acceptors (Lipinski definition) is 5. The number of carbonyl (C=O) groups is 1. The van der Waals surface area contributed by atoms with Gasteiger partial charge in [0.05, 0.1) is 11.1 Å². The Labute approximate surface area is 140 Å². The zero-order chi connectivity index (χ0) is 17.5. The van der Waals surface area contributed by atoms with Crippen LogP contribution in [0.3, 0.4) is 0 Å². The summed E-state index contributed by atoms with van der Waals surface area (Å²) in [6.45, 7) is -0.360. The van der Waals surface area contributed by atoms with Crippen molar-refractivity contribution in [2.75, 3.05) is 6.61 Å². The number of nitro groups is 1. The highest BCUT2D eigenvalue weighted by molar-refractivity contribution is 6.32. The summed E-state index contributed by atoms with van der Waals surface area (Å²) in [5, 5.41) is 14.4. The average molecular weight is 352 g/mol. The minimum absolute atomic E-state index is 0.00433. The molecule has 0 aliphatic carbocycles. The number of hydrogen-bond donors (Lipinski definition) is 1. The number of carbonyl (C=O) groups excluding carboxylic acids is 1. The molecule has 0 saturated carbocycles.